The zero-order chi connectivity index (χ0) is 14.9. The van der Waals surface area contributed by atoms with Crippen molar-refractivity contribution < 1.29 is 0 Å². The number of aromatic nitrogens is 2. The van der Waals surface area contributed by atoms with Crippen molar-refractivity contribution >= 4 is 17.4 Å². The number of rotatable bonds is 2. The molecular formula is C16H26ClN3. The normalized spacial score (nSPS) is 27.4. The molecule has 112 valence electrons. The summed E-state index contributed by atoms with van der Waals surface area (Å²) in [6, 6.07) is 2.33. The lowest BCUT2D eigenvalue weighted by atomic mass is 9.79. The number of nitrogens with zero attached hydrogens (tertiary/aromatic N) is 2. The predicted molar refractivity (Wildman–Crippen MR) is 85.3 cm³/mol. The second-order valence-electron chi connectivity index (χ2n) is 7.26. The summed E-state index contributed by atoms with van der Waals surface area (Å²) in [4.78, 5) is 8.98. The van der Waals surface area contributed by atoms with Crippen LogP contribution in [0.1, 0.15) is 59.7 Å². The van der Waals surface area contributed by atoms with E-state index < -0.39 is 0 Å². The van der Waals surface area contributed by atoms with Gasteiger partial charge in [-0.05, 0) is 31.1 Å². The molecule has 0 spiro atoms. The Labute approximate surface area is 127 Å². The SMILES string of the molecule is CC1CCC(Nc2cc(Cl)nc(C(C)(C)C)n2)CC1C. The maximum Gasteiger partial charge on any atom is 0.137 e. The van der Waals surface area contributed by atoms with E-state index in [9.17, 15) is 0 Å². The molecule has 1 saturated carbocycles. The summed E-state index contributed by atoms with van der Waals surface area (Å²) >= 11 is 6.13. The largest absolute Gasteiger partial charge is 0.367 e. The molecule has 3 atom stereocenters. The quantitative estimate of drug-likeness (QED) is 0.806. The maximum atomic E-state index is 6.13. The van der Waals surface area contributed by atoms with Crippen molar-refractivity contribution in [3.63, 3.8) is 0 Å². The standard InChI is InChI=1S/C16H26ClN3/c1-10-6-7-12(8-11(10)2)18-14-9-13(17)19-15(20-14)16(3,4)5/h9-12H,6-8H2,1-5H3,(H,18,19,20). The van der Waals surface area contributed by atoms with Crippen LogP contribution in [0, 0.1) is 11.8 Å². The van der Waals surface area contributed by atoms with Gasteiger partial charge in [-0.25, -0.2) is 9.97 Å². The lowest BCUT2D eigenvalue weighted by molar-refractivity contribution is 0.260. The molecule has 0 amide bonds. The van der Waals surface area contributed by atoms with E-state index in [0.717, 1.165) is 23.5 Å². The molecule has 1 aromatic rings. The molecule has 3 unspecified atom stereocenters. The first-order valence-electron chi connectivity index (χ1n) is 7.57. The van der Waals surface area contributed by atoms with Gasteiger partial charge >= 0.3 is 0 Å². The van der Waals surface area contributed by atoms with Crippen LogP contribution in [0.15, 0.2) is 6.07 Å². The zero-order valence-electron chi connectivity index (χ0n) is 13.2. The van der Waals surface area contributed by atoms with Gasteiger partial charge in [-0.1, -0.05) is 46.2 Å². The maximum absolute atomic E-state index is 6.13. The molecule has 1 N–H and O–H groups in total. The van der Waals surface area contributed by atoms with Crippen molar-refractivity contribution in [2.45, 2.75) is 65.3 Å². The van der Waals surface area contributed by atoms with E-state index in [1.807, 2.05) is 6.07 Å². The summed E-state index contributed by atoms with van der Waals surface area (Å²) in [6.07, 6.45) is 3.69. The average molecular weight is 296 g/mol. The van der Waals surface area contributed by atoms with Gasteiger partial charge in [0.2, 0.25) is 0 Å². The Morgan fingerprint density at radius 2 is 1.85 bits per heavy atom. The molecule has 0 bridgehead atoms. The molecular weight excluding hydrogens is 270 g/mol. The van der Waals surface area contributed by atoms with Gasteiger partial charge < -0.3 is 5.32 Å². The van der Waals surface area contributed by atoms with Crippen LogP contribution in [0.5, 0.6) is 0 Å². The first-order chi connectivity index (χ1) is 9.25. The predicted octanol–water partition coefficient (Wildman–Crippen LogP) is 4.66. The van der Waals surface area contributed by atoms with E-state index in [1.54, 1.807) is 0 Å². The molecule has 2 rings (SSSR count). The van der Waals surface area contributed by atoms with Gasteiger partial charge in [-0.2, -0.15) is 0 Å². The molecule has 1 aromatic heterocycles. The molecule has 1 heterocycles. The highest BCUT2D eigenvalue weighted by Crippen LogP contribution is 2.31. The van der Waals surface area contributed by atoms with E-state index in [4.69, 9.17) is 11.6 Å². The molecule has 4 heteroatoms. The third-order valence-electron chi connectivity index (χ3n) is 4.32. The van der Waals surface area contributed by atoms with Gasteiger partial charge in [-0.15, -0.1) is 0 Å². The number of hydrogen-bond donors (Lipinski definition) is 1. The topological polar surface area (TPSA) is 37.8 Å². The zero-order valence-corrected chi connectivity index (χ0v) is 14.0. The van der Waals surface area contributed by atoms with Crippen molar-refractivity contribution in [2.75, 3.05) is 5.32 Å². The van der Waals surface area contributed by atoms with E-state index in [0.29, 0.717) is 11.2 Å². The number of hydrogen-bond acceptors (Lipinski definition) is 3. The van der Waals surface area contributed by atoms with E-state index >= 15 is 0 Å². The van der Waals surface area contributed by atoms with Crippen molar-refractivity contribution in [3.05, 3.63) is 17.0 Å². The monoisotopic (exact) mass is 295 g/mol. The lowest BCUT2D eigenvalue weighted by Crippen LogP contribution is -2.31. The highest BCUT2D eigenvalue weighted by molar-refractivity contribution is 6.29. The minimum Gasteiger partial charge on any atom is -0.367 e. The molecule has 1 aliphatic rings. The minimum atomic E-state index is -0.0876. The molecule has 0 saturated heterocycles. The molecule has 0 aromatic carbocycles. The fourth-order valence-electron chi connectivity index (χ4n) is 2.71. The van der Waals surface area contributed by atoms with Crippen LogP contribution in [0.2, 0.25) is 5.15 Å². The van der Waals surface area contributed by atoms with Crippen molar-refractivity contribution in [3.8, 4) is 0 Å². The van der Waals surface area contributed by atoms with E-state index in [-0.39, 0.29) is 5.41 Å². The summed E-state index contributed by atoms with van der Waals surface area (Å²) in [7, 11) is 0. The first-order valence-corrected chi connectivity index (χ1v) is 7.95. The van der Waals surface area contributed by atoms with Gasteiger partial charge in [0.25, 0.3) is 0 Å². The highest BCUT2D eigenvalue weighted by Gasteiger charge is 2.25. The number of anilines is 1. The molecule has 20 heavy (non-hydrogen) atoms. The Morgan fingerprint density at radius 3 is 2.45 bits per heavy atom. The molecule has 0 aliphatic heterocycles. The number of nitrogens with one attached hydrogen (secondary N) is 1. The molecule has 0 radical (unpaired) electrons. The van der Waals surface area contributed by atoms with E-state index in [2.05, 4.69) is 49.9 Å². The minimum absolute atomic E-state index is 0.0876. The van der Waals surface area contributed by atoms with Gasteiger partial charge in [0, 0.05) is 17.5 Å². The molecule has 1 aliphatic carbocycles. The summed E-state index contributed by atoms with van der Waals surface area (Å²) in [5, 5.41) is 4.07. The summed E-state index contributed by atoms with van der Waals surface area (Å²) in [5.41, 5.74) is -0.0876. The van der Waals surface area contributed by atoms with Gasteiger partial charge in [-0.3, -0.25) is 0 Å². The Hall–Kier alpha value is -0.830. The fourth-order valence-corrected chi connectivity index (χ4v) is 2.90. The van der Waals surface area contributed by atoms with Crippen LogP contribution >= 0.6 is 11.6 Å². The van der Waals surface area contributed by atoms with Crippen LogP contribution in [-0.4, -0.2) is 16.0 Å². The Bertz CT molecular complexity index is 467. The third-order valence-corrected chi connectivity index (χ3v) is 4.51. The van der Waals surface area contributed by atoms with Crippen molar-refractivity contribution in [1.29, 1.82) is 0 Å². The van der Waals surface area contributed by atoms with Crippen LogP contribution in [0.3, 0.4) is 0 Å². The Morgan fingerprint density at radius 1 is 1.15 bits per heavy atom. The van der Waals surface area contributed by atoms with Crippen LogP contribution < -0.4 is 5.32 Å². The van der Waals surface area contributed by atoms with E-state index in [1.165, 1.54) is 19.3 Å². The van der Waals surface area contributed by atoms with Crippen LogP contribution in [0.4, 0.5) is 5.82 Å². The van der Waals surface area contributed by atoms with Gasteiger partial charge in [0.15, 0.2) is 0 Å². The first kappa shape index (κ1) is 15.6. The Balaban J connectivity index is 2.12. The lowest BCUT2D eigenvalue weighted by Gasteiger charge is -2.33. The second kappa shape index (κ2) is 5.88. The van der Waals surface area contributed by atoms with Gasteiger partial charge in [0.05, 0.1) is 0 Å². The third kappa shape index (κ3) is 3.85. The van der Waals surface area contributed by atoms with Crippen LogP contribution in [-0.2, 0) is 5.41 Å². The molecule has 3 nitrogen and oxygen atoms in total. The van der Waals surface area contributed by atoms with Gasteiger partial charge in [0.1, 0.15) is 16.8 Å². The fraction of sp³-hybridized carbons (Fsp3) is 0.750. The summed E-state index contributed by atoms with van der Waals surface area (Å²) in [6.45, 7) is 11.0. The summed E-state index contributed by atoms with van der Waals surface area (Å²) < 4.78 is 0. The summed E-state index contributed by atoms with van der Waals surface area (Å²) in [5.74, 6) is 3.25. The smallest absolute Gasteiger partial charge is 0.137 e. The average Bonchev–Trinajstić information content (AvgIpc) is 2.32. The van der Waals surface area contributed by atoms with Crippen LogP contribution in [0.25, 0.3) is 0 Å². The van der Waals surface area contributed by atoms with Crippen molar-refractivity contribution in [2.24, 2.45) is 11.8 Å². The van der Waals surface area contributed by atoms with Crippen molar-refractivity contribution in [1.82, 2.24) is 9.97 Å². The second-order valence-corrected chi connectivity index (χ2v) is 7.65. The highest BCUT2D eigenvalue weighted by atomic mass is 35.5. The number of halogens is 1. The Kier molecular flexibility index (Phi) is 4.58. The molecule has 1 fully saturated rings.